The number of rotatable bonds is 2. The molecule has 0 radical (unpaired) electrons. The standard InChI is InChI=1S/C10H15N5/c1-12-8-3-2-4-10(5-8)15-13-7-9(6-11)14-15/h7-8,10,12H,2-5H2,1H3. The highest BCUT2D eigenvalue weighted by molar-refractivity contribution is 5.12. The van der Waals surface area contributed by atoms with E-state index in [4.69, 9.17) is 5.26 Å². The molecule has 80 valence electrons. The van der Waals surface area contributed by atoms with Gasteiger partial charge >= 0.3 is 0 Å². The lowest BCUT2D eigenvalue weighted by atomic mass is 9.91. The van der Waals surface area contributed by atoms with Gasteiger partial charge in [-0.3, -0.25) is 0 Å². The van der Waals surface area contributed by atoms with Crippen molar-refractivity contribution in [1.29, 1.82) is 5.26 Å². The Hall–Kier alpha value is -1.41. The first-order chi connectivity index (χ1) is 7.33. The van der Waals surface area contributed by atoms with Gasteiger partial charge in [-0.15, -0.1) is 5.10 Å². The summed E-state index contributed by atoms with van der Waals surface area (Å²) < 4.78 is 0. The minimum atomic E-state index is 0.346. The fraction of sp³-hybridized carbons (Fsp3) is 0.700. The summed E-state index contributed by atoms with van der Waals surface area (Å²) in [5, 5.41) is 20.2. The summed E-state index contributed by atoms with van der Waals surface area (Å²) >= 11 is 0. The third-order valence-electron chi connectivity index (χ3n) is 3.00. The maximum absolute atomic E-state index is 8.67. The zero-order valence-corrected chi connectivity index (χ0v) is 8.85. The van der Waals surface area contributed by atoms with Gasteiger partial charge in [0.15, 0.2) is 5.69 Å². The van der Waals surface area contributed by atoms with Crippen LogP contribution in [0.2, 0.25) is 0 Å². The Morgan fingerprint density at radius 3 is 3.13 bits per heavy atom. The highest BCUT2D eigenvalue weighted by atomic mass is 15.5. The van der Waals surface area contributed by atoms with Crippen LogP contribution in [0.4, 0.5) is 0 Å². The van der Waals surface area contributed by atoms with Crippen LogP contribution in [-0.4, -0.2) is 28.1 Å². The average Bonchev–Trinajstić information content (AvgIpc) is 2.78. The van der Waals surface area contributed by atoms with Gasteiger partial charge < -0.3 is 5.32 Å². The maximum Gasteiger partial charge on any atom is 0.182 e. The Morgan fingerprint density at radius 1 is 1.60 bits per heavy atom. The normalized spacial score (nSPS) is 26.1. The second-order valence-electron chi connectivity index (χ2n) is 3.97. The molecule has 5 heteroatoms. The molecule has 1 N–H and O–H groups in total. The second-order valence-corrected chi connectivity index (χ2v) is 3.97. The summed E-state index contributed by atoms with van der Waals surface area (Å²) in [6.07, 6.45) is 6.11. The van der Waals surface area contributed by atoms with E-state index in [2.05, 4.69) is 15.5 Å². The van der Waals surface area contributed by atoms with Crippen LogP contribution >= 0.6 is 0 Å². The lowest BCUT2D eigenvalue weighted by Gasteiger charge is -2.27. The van der Waals surface area contributed by atoms with E-state index >= 15 is 0 Å². The fourth-order valence-electron chi connectivity index (χ4n) is 2.14. The average molecular weight is 205 g/mol. The highest BCUT2D eigenvalue weighted by Crippen LogP contribution is 2.26. The van der Waals surface area contributed by atoms with Gasteiger partial charge in [-0.2, -0.15) is 15.2 Å². The van der Waals surface area contributed by atoms with E-state index in [0.29, 0.717) is 17.8 Å². The summed E-state index contributed by atoms with van der Waals surface area (Å²) in [6, 6.07) is 2.90. The molecule has 1 aromatic heterocycles. The third kappa shape index (κ3) is 2.16. The van der Waals surface area contributed by atoms with Crippen LogP contribution in [0.3, 0.4) is 0 Å². The molecule has 1 aliphatic carbocycles. The Labute approximate surface area is 89.1 Å². The third-order valence-corrected chi connectivity index (χ3v) is 3.00. The second kappa shape index (κ2) is 4.41. The molecule has 15 heavy (non-hydrogen) atoms. The van der Waals surface area contributed by atoms with Crippen molar-refractivity contribution in [2.24, 2.45) is 0 Å². The summed E-state index contributed by atoms with van der Waals surface area (Å²) in [4.78, 5) is 1.70. The van der Waals surface area contributed by atoms with E-state index in [9.17, 15) is 0 Å². The van der Waals surface area contributed by atoms with Gasteiger partial charge in [-0.05, 0) is 32.7 Å². The van der Waals surface area contributed by atoms with Gasteiger partial charge in [0.2, 0.25) is 0 Å². The Balaban J connectivity index is 2.07. The van der Waals surface area contributed by atoms with E-state index in [1.165, 1.54) is 19.0 Å². The van der Waals surface area contributed by atoms with Gasteiger partial charge in [-0.1, -0.05) is 0 Å². The van der Waals surface area contributed by atoms with E-state index < -0.39 is 0 Å². The van der Waals surface area contributed by atoms with Crippen LogP contribution < -0.4 is 5.32 Å². The fourth-order valence-corrected chi connectivity index (χ4v) is 2.14. The zero-order valence-electron chi connectivity index (χ0n) is 8.85. The molecule has 5 nitrogen and oxygen atoms in total. The minimum absolute atomic E-state index is 0.346. The van der Waals surface area contributed by atoms with E-state index in [-0.39, 0.29) is 0 Å². The molecule has 0 saturated heterocycles. The van der Waals surface area contributed by atoms with E-state index in [1.807, 2.05) is 13.1 Å². The molecule has 1 aromatic rings. The summed E-state index contributed by atoms with van der Waals surface area (Å²) in [7, 11) is 1.99. The van der Waals surface area contributed by atoms with Crippen molar-refractivity contribution in [3.63, 3.8) is 0 Å². The van der Waals surface area contributed by atoms with Crippen LogP contribution in [0.1, 0.15) is 37.4 Å². The number of hydrogen-bond donors (Lipinski definition) is 1. The Kier molecular flexibility index (Phi) is 2.97. The molecule has 2 atom stereocenters. The first-order valence-electron chi connectivity index (χ1n) is 5.32. The SMILES string of the molecule is CNC1CCCC(n2ncc(C#N)n2)C1. The molecular weight excluding hydrogens is 190 g/mol. The van der Waals surface area contributed by atoms with Crippen LogP contribution in [0.5, 0.6) is 0 Å². The van der Waals surface area contributed by atoms with Crippen LogP contribution in [0.25, 0.3) is 0 Å². The van der Waals surface area contributed by atoms with Crippen molar-refractivity contribution in [2.75, 3.05) is 7.05 Å². The molecule has 2 unspecified atom stereocenters. The number of nitrogens with one attached hydrogen (secondary N) is 1. The van der Waals surface area contributed by atoms with Crippen molar-refractivity contribution in [3.8, 4) is 6.07 Å². The molecular formula is C10H15N5. The summed E-state index contributed by atoms with van der Waals surface area (Å²) in [5.74, 6) is 0. The molecule has 0 aromatic carbocycles. The van der Waals surface area contributed by atoms with E-state index in [1.54, 1.807) is 4.80 Å². The molecule has 1 aliphatic rings. The number of nitriles is 1. The van der Waals surface area contributed by atoms with Gasteiger partial charge in [0.25, 0.3) is 0 Å². The molecule has 0 amide bonds. The molecule has 0 spiro atoms. The van der Waals surface area contributed by atoms with Crippen molar-refractivity contribution < 1.29 is 0 Å². The first kappa shape index (κ1) is 10.1. The maximum atomic E-state index is 8.67. The van der Waals surface area contributed by atoms with Crippen molar-refractivity contribution in [1.82, 2.24) is 20.3 Å². The van der Waals surface area contributed by atoms with Gasteiger partial charge in [0.05, 0.1) is 12.2 Å². The van der Waals surface area contributed by atoms with Gasteiger partial charge in [0.1, 0.15) is 6.07 Å². The molecule has 1 heterocycles. The molecule has 1 fully saturated rings. The minimum Gasteiger partial charge on any atom is -0.317 e. The topological polar surface area (TPSA) is 66.5 Å². The van der Waals surface area contributed by atoms with Crippen LogP contribution in [0.15, 0.2) is 6.20 Å². The Morgan fingerprint density at radius 2 is 2.47 bits per heavy atom. The Bertz CT molecular complexity index is 364. The van der Waals surface area contributed by atoms with Gasteiger partial charge in [-0.25, -0.2) is 0 Å². The zero-order chi connectivity index (χ0) is 10.7. The van der Waals surface area contributed by atoms with Gasteiger partial charge in [0, 0.05) is 6.04 Å². The largest absolute Gasteiger partial charge is 0.317 e. The summed E-state index contributed by atoms with van der Waals surface area (Å²) in [5.41, 5.74) is 0.404. The molecule has 1 saturated carbocycles. The molecule has 2 rings (SSSR count). The van der Waals surface area contributed by atoms with E-state index in [0.717, 1.165) is 12.8 Å². The number of nitrogens with zero attached hydrogens (tertiary/aromatic N) is 4. The number of aromatic nitrogens is 3. The summed E-state index contributed by atoms with van der Waals surface area (Å²) in [6.45, 7) is 0. The lowest BCUT2D eigenvalue weighted by molar-refractivity contribution is 0.258. The smallest absolute Gasteiger partial charge is 0.182 e. The van der Waals surface area contributed by atoms with Crippen molar-refractivity contribution >= 4 is 0 Å². The lowest BCUT2D eigenvalue weighted by Crippen LogP contribution is -2.33. The van der Waals surface area contributed by atoms with Crippen LogP contribution in [0, 0.1) is 11.3 Å². The predicted molar refractivity (Wildman–Crippen MR) is 55.1 cm³/mol. The molecule has 0 aliphatic heterocycles. The monoisotopic (exact) mass is 205 g/mol. The van der Waals surface area contributed by atoms with Crippen molar-refractivity contribution in [2.45, 2.75) is 37.8 Å². The van der Waals surface area contributed by atoms with Crippen molar-refractivity contribution in [3.05, 3.63) is 11.9 Å². The molecule has 0 bridgehead atoms. The quantitative estimate of drug-likeness (QED) is 0.777. The van der Waals surface area contributed by atoms with Crippen LogP contribution in [-0.2, 0) is 0 Å². The number of hydrogen-bond acceptors (Lipinski definition) is 4. The highest BCUT2D eigenvalue weighted by Gasteiger charge is 2.23. The predicted octanol–water partition coefficient (Wildman–Crippen LogP) is 0.853. The first-order valence-corrected chi connectivity index (χ1v) is 5.32.